The van der Waals surface area contributed by atoms with Crippen LogP contribution in [-0.2, 0) is 22.4 Å². The summed E-state index contributed by atoms with van der Waals surface area (Å²) >= 11 is 0. The van der Waals surface area contributed by atoms with Gasteiger partial charge in [-0.05, 0) is 49.9 Å². The van der Waals surface area contributed by atoms with E-state index in [0.717, 1.165) is 16.7 Å². The molecule has 3 amide bonds. The Hall–Kier alpha value is -3.35. The van der Waals surface area contributed by atoms with E-state index in [0.29, 0.717) is 31.5 Å². The van der Waals surface area contributed by atoms with E-state index in [-0.39, 0.29) is 17.9 Å². The Morgan fingerprint density at radius 1 is 1.16 bits per heavy atom. The number of carbonyl (C=O) groups is 3. The number of nitrogens with one attached hydrogen (secondary N) is 2. The SMILES string of the molecule is CC(C)(C)OC(=O)N[C@@H](Cc1ccccc1)C(=O)N1CCc2cccc3c2C1CNC3=O. The molecule has 2 aliphatic heterocycles. The molecule has 0 bridgehead atoms. The van der Waals surface area contributed by atoms with Crippen LogP contribution in [-0.4, -0.2) is 47.5 Å². The van der Waals surface area contributed by atoms with Crippen LogP contribution in [0.5, 0.6) is 0 Å². The Kier molecular flexibility index (Phi) is 5.91. The molecule has 2 atom stereocenters. The number of amides is 3. The zero-order chi connectivity index (χ0) is 22.9. The van der Waals surface area contributed by atoms with E-state index in [1.807, 2.05) is 42.5 Å². The standard InChI is InChI=1S/C25H29N3O4/c1-25(2,3)32-24(31)27-19(14-16-8-5-4-6-9-16)23(30)28-13-12-17-10-7-11-18-21(17)20(28)15-26-22(18)29/h4-11,19-20H,12-15H2,1-3H3,(H,26,29)(H,27,31)/t19-,20?/m0/s1. The molecule has 0 aliphatic carbocycles. The van der Waals surface area contributed by atoms with Gasteiger partial charge in [-0.1, -0.05) is 42.5 Å². The molecule has 7 nitrogen and oxygen atoms in total. The average Bonchev–Trinajstić information content (AvgIpc) is 2.75. The van der Waals surface area contributed by atoms with Crippen LogP contribution >= 0.6 is 0 Å². The van der Waals surface area contributed by atoms with Gasteiger partial charge in [0.1, 0.15) is 11.6 Å². The molecule has 2 aromatic carbocycles. The molecule has 1 unspecified atom stereocenters. The van der Waals surface area contributed by atoms with Gasteiger partial charge in [-0.15, -0.1) is 0 Å². The van der Waals surface area contributed by atoms with Gasteiger partial charge in [0.05, 0.1) is 6.04 Å². The molecule has 0 aromatic heterocycles. The smallest absolute Gasteiger partial charge is 0.408 e. The lowest BCUT2D eigenvalue weighted by Gasteiger charge is -2.42. The molecular weight excluding hydrogens is 406 g/mol. The first kappa shape index (κ1) is 21.9. The van der Waals surface area contributed by atoms with Crippen molar-refractivity contribution in [2.24, 2.45) is 0 Å². The van der Waals surface area contributed by atoms with Crippen molar-refractivity contribution in [1.82, 2.24) is 15.5 Å². The van der Waals surface area contributed by atoms with Gasteiger partial charge >= 0.3 is 6.09 Å². The zero-order valence-corrected chi connectivity index (χ0v) is 18.7. The maximum Gasteiger partial charge on any atom is 0.408 e. The molecule has 2 aliphatic rings. The van der Waals surface area contributed by atoms with Crippen LogP contribution in [0.15, 0.2) is 48.5 Å². The van der Waals surface area contributed by atoms with Gasteiger partial charge in [0.15, 0.2) is 0 Å². The Morgan fingerprint density at radius 2 is 1.91 bits per heavy atom. The summed E-state index contributed by atoms with van der Waals surface area (Å²) in [4.78, 5) is 40.4. The van der Waals surface area contributed by atoms with E-state index in [1.165, 1.54) is 0 Å². The Balaban J connectivity index is 1.61. The number of rotatable bonds is 4. The molecule has 168 valence electrons. The Morgan fingerprint density at radius 3 is 2.62 bits per heavy atom. The summed E-state index contributed by atoms with van der Waals surface area (Å²) in [5.41, 5.74) is 2.92. The van der Waals surface area contributed by atoms with E-state index in [9.17, 15) is 14.4 Å². The fraction of sp³-hybridized carbons (Fsp3) is 0.400. The second-order valence-corrected chi connectivity index (χ2v) is 9.27. The topological polar surface area (TPSA) is 87.7 Å². The second kappa shape index (κ2) is 8.65. The predicted molar refractivity (Wildman–Crippen MR) is 120 cm³/mol. The normalized spacial score (nSPS) is 18.3. The number of ether oxygens (including phenoxy) is 1. The molecule has 4 rings (SSSR count). The molecule has 0 saturated heterocycles. The second-order valence-electron chi connectivity index (χ2n) is 9.27. The van der Waals surface area contributed by atoms with Crippen molar-refractivity contribution in [3.63, 3.8) is 0 Å². The minimum absolute atomic E-state index is 0.111. The number of carbonyl (C=O) groups excluding carboxylic acids is 3. The quantitative estimate of drug-likeness (QED) is 0.773. The molecule has 0 saturated carbocycles. The number of benzene rings is 2. The van der Waals surface area contributed by atoms with Crippen molar-refractivity contribution in [2.75, 3.05) is 13.1 Å². The monoisotopic (exact) mass is 435 g/mol. The summed E-state index contributed by atoms with van der Waals surface area (Å²) in [5, 5.41) is 5.69. The summed E-state index contributed by atoms with van der Waals surface area (Å²) in [5.74, 6) is -0.290. The van der Waals surface area contributed by atoms with Crippen molar-refractivity contribution in [2.45, 2.75) is 51.3 Å². The largest absolute Gasteiger partial charge is 0.444 e. The lowest BCUT2D eigenvalue weighted by atomic mass is 9.85. The van der Waals surface area contributed by atoms with Gasteiger partial charge < -0.3 is 20.3 Å². The summed E-state index contributed by atoms with van der Waals surface area (Å²) in [6.45, 7) is 6.24. The first-order chi connectivity index (χ1) is 15.2. The van der Waals surface area contributed by atoms with E-state index in [1.54, 1.807) is 31.7 Å². The van der Waals surface area contributed by atoms with Crippen molar-refractivity contribution in [3.8, 4) is 0 Å². The van der Waals surface area contributed by atoms with E-state index < -0.39 is 17.7 Å². The number of nitrogens with zero attached hydrogens (tertiary/aromatic N) is 1. The lowest BCUT2D eigenvalue weighted by Crippen LogP contribution is -2.56. The van der Waals surface area contributed by atoms with Crippen LogP contribution in [0.4, 0.5) is 4.79 Å². The van der Waals surface area contributed by atoms with Crippen LogP contribution < -0.4 is 10.6 Å². The average molecular weight is 436 g/mol. The molecule has 0 spiro atoms. The van der Waals surface area contributed by atoms with Crippen molar-refractivity contribution in [1.29, 1.82) is 0 Å². The van der Waals surface area contributed by atoms with Crippen LogP contribution in [0.1, 0.15) is 53.9 Å². The summed E-state index contributed by atoms with van der Waals surface area (Å²) < 4.78 is 5.42. The zero-order valence-electron chi connectivity index (χ0n) is 18.7. The van der Waals surface area contributed by atoms with Gasteiger partial charge in [0.2, 0.25) is 5.91 Å². The fourth-order valence-electron chi connectivity index (χ4n) is 4.44. The minimum atomic E-state index is -0.779. The van der Waals surface area contributed by atoms with Crippen LogP contribution in [0.3, 0.4) is 0 Å². The van der Waals surface area contributed by atoms with Gasteiger partial charge in [0, 0.05) is 25.1 Å². The maximum atomic E-state index is 13.7. The van der Waals surface area contributed by atoms with Gasteiger partial charge in [0.25, 0.3) is 5.91 Å². The predicted octanol–water partition coefficient (Wildman–Crippen LogP) is 2.99. The maximum absolute atomic E-state index is 13.7. The third-order valence-electron chi connectivity index (χ3n) is 5.78. The molecule has 2 aromatic rings. The van der Waals surface area contributed by atoms with Gasteiger partial charge in [-0.3, -0.25) is 9.59 Å². The first-order valence-electron chi connectivity index (χ1n) is 11.0. The summed E-state index contributed by atoms with van der Waals surface area (Å²) in [7, 11) is 0. The van der Waals surface area contributed by atoms with Crippen LogP contribution in [0.25, 0.3) is 0 Å². The molecule has 2 heterocycles. The number of hydrogen-bond donors (Lipinski definition) is 2. The third kappa shape index (κ3) is 4.61. The fourth-order valence-corrected chi connectivity index (χ4v) is 4.44. The molecule has 0 radical (unpaired) electrons. The third-order valence-corrected chi connectivity index (χ3v) is 5.78. The number of alkyl carbamates (subject to hydrolysis) is 1. The molecule has 2 N–H and O–H groups in total. The van der Waals surface area contributed by atoms with Crippen molar-refractivity contribution < 1.29 is 19.1 Å². The first-order valence-corrected chi connectivity index (χ1v) is 11.0. The highest BCUT2D eigenvalue weighted by atomic mass is 16.6. The highest BCUT2D eigenvalue weighted by Gasteiger charge is 2.39. The van der Waals surface area contributed by atoms with E-state index in [2.05, 4.69) is 10.6 Å². The highest BCUT2D eigenvalue weighted by molar-refractivity contribution is 5.98. The Bertz CT molecular complexity index is 1030. The van der Waals surface area contributed by atoms with E-state index in [4.69, 9.17) is 4.74 Å². The van der Waals surface area contributed by atoms with Crippen molar-refractivity contribution in [3.05, 3.63) is 70.8 Å². The van der Waals surface area contributed by atoms with E-state index >= 15 is 0 Å². The molecular formula is C25H29N3O4. The Labute approximate surface area is 188 Å². The molecule has 32 heavy (non-hydrogen) atoms. The van der Waals surface area contributed by atoms with Crippen LogP contribution in [0.2, 0.25) is 0 Å². The van der Waals surface area contributed by atoms with Gasteiger partial charge in [-0.25, -0.2) is 4.79 Å². The van der Waals surface area contributed by atoms with Gasteiger partial charge in [-0.2, -0.15) is 0 Å². The van der Waals surface area contributed by atoms with Crippen LogP contribution in [0, 0.1) is 0 Å². The number of hydrogen-bond acceptors (Lipinski definition) is 4. The highest BCUT2D eigenvalue weighted by Crippen LogP contribution is 2.35. The summed E-state index contributed by atoms with van der Waals surface area (Å²) in [6.07, 6.45) is 0.397. The summed E-state index contributed by atoms with van der Waals surface area (Å²) in [6, 6.07) is 14.3. The molecule has 0 fully saturated rings. The lowest BCUT2D eigenvalue weighted by molar-refractivity contribution is -0.136. The van der Waals surface area contributed by atoms with Crippen molar-refractivity contribution >= 4 is 17.9 Å². The molecule has 7 heteroatoms. The minimum Gasteiger partial charge on any atom is -0.444 e.